The van der Waals surface area contributed by atoms with Gasteiger partial charge in [0.05, 0.1) is 31.9 Å². The van der Waals surface area contributed by atoms with Crippen molar-refractivity contribution in [2.75, 3.05) is 25.6 Å². The number of hydrogen-bond donors (Lipinski definition) is 0. The average molecular weight is 540 g/mol. The minimum Gasteiger partial charge on any atom is -0.493 e. The third kappa shape index (κ3) is 5.39. The molecule has 0 fully saturated rings. The molecular weight excluding hydrogens is 516 g/mol. The summed E-state index contributed by atoms with van der Waals surface area (Å²) in [5.74, 6) is -2.02. The zero-order chi connectivity index (χ0) is 26.6. The second-order valence-corrected chi connectivity index (χ2v) is 9.92. The van der Waals surface area contributed by atoms with Crippen LogP contribution in [0, 0.1) is 11.6 Å². The average Bonchev–Trinajstić information content (AvgIpc) is 2.86. The standard InChI is InChI=1S/C25H24ClF2NO6S/c1-15(25(30)35-4)29(36(31,32)18-9-11-23(33-2)24(14-18)34-3)22-10-8-17(26)12-16(22)13-19-20(27)6-5-7-21(19)28/h5-12,14-15H,13H2,1-4H3. The lowest BCUT2D eigenvalue weighted by Gasteiger charge is -2.31. The van der Waals surface area contributed by atoms with Crippen LogP contribution in [0.25, 0.3) is 0 Å². The molecule has 0 N–H and O–H groups in total. The molecule has 7 nitrogen and oxygen atoms in total. The van der Waals surface area contributed by atoms with Crippen molar-refractivity contribution < 1.29 is 36.2 Å². The lowest BCUT2D eigenvalue weighted by atomic mass is 10.0. The van der Waals surface area contributed by atoms with E-state index in [0.29, 0.717) is 5.75 Å². The van der Waals surface area contributed by atoms with Crippen molar-refractivity contribution in [3.05, 3.63) is 82.4 Å². The highest BCUT2D eigenvalue weighted by Crippen LogP contribution is 2.36. The number of nitrogens with zero attached hydrogens (tertiary/aromatic N) is 1. The van der Waals surface area contributed by atoms with E-state index in [9.17, 15) is 22.0 Å². The number of methoxy groups -OCH3 is 3. The molecule has 1 atom stereocenters. The lowest BCUT2D eigenvalue weighted by molar-refractivity contribution is -0.141. The Labute approximate surface area is 213 Å². The van der Waals surface area contributed by atoms with Crippen molar-refractivity contribution in [1.82, 2.24) is 0 Å². The van der Waals surface area contributed by atoms with Crippen LogP contribution in [0.3, 0.4) is 0 Å². The fourth-order valence-electron chi connectivity index (χ4n) is 3.71. The minimum absolute atomic E-state index is 0.00487. The van der Waals surface area contributed by atoms with E-state index in [2.05, 4.69) is 0 Å². The van der Waals surface area contributed by atoms with Gasteiger partial charge in [-0.3, -0.25) is 4.31 Å². The van der Waals surface area contributed by atoms with E-state index in [1.165, 1.54) is 63.6 Å². The summed E-state index contributed by atoms with van der Waals surface area (Å²) in [7, 11) is -0.572. The van der Waals surface area contributed by atoms with Crippen LogP contribution in [-0.4, -0.2) is 41.8 Å². The Morgan fingerprint density at radius 1 is 0.972 bits per heavy atom. The number of carbonyl (C=O) groups excluding carboxylic acids is 1. The number of esters is 1. The van der Waals surface area contributed by atoms with E-state index in [4.69, 9.17) is 25.8 Å². The van der Waals surface area contributed by atoms with Crippen LogP contribution >= 0.6 is 11.6 Å². The maximum Gasteiger partial charge on any atom is 0.329 e. The molecule has 0 aliphatic carbocycles. The van der Waals surface area contributed by atoms with E-state index in [1.807, 2.05) is 0 Å². The number of rotatable bonds is 9. The molecule has 3 rings (SSSR count). The van der Waals surface area contributed by atoms with Gasteiger partial charge < -0.3 is 14.2 Å². The van der Waals surface area contributed by atoms with Crippen molar-refractivity contribution >= 4 is 33.3 Å². The first-order valence-electron chi connectivity index (χ1n) is 10.6. The summed E-state index contributed by atoms with van der Waals surface area (Å²) in [6, 6.07) is 10.2. The smallest absolute Gasteiger partial charge is 0.329 e. The number of carbonyl (C=O) groups is 1. The van der Waals surface area contributed by atoms with Gasteiger partial charge in [0, 0.05) is 23.1 Å². The molecule has 0 aliphatic rings. The van der Waals surface area contributed by atoms with Crippen molar-refractivity contribution in [3.8, 4) is 11.5 Å². The zero-order valence-corrected chi connectivity index (χ0v) is 21.5. The summed E-state index contributed by atoms with van der Waals surface area (Å²) >= 11 is 6.16. The molecule has 192 valence electrons. The number of hydrogen-bond acceptors (Lipinski definition) is 6. The third-order valence-corrected chi connectivity index (χ3v) is 7.63. The number of benzene rings is 3. The monoisotopic (exact) mass is 539 g/mol. The van der Waals surface area contributed by atoms with Crippen molar-refractivity contribution in [2.45, 2.75) is 24.3 Å². The maximum atomic E-state index is 14.5. The molecule has 1 unspecified atom stereocenters. The Morgan fingerprint density at radius 3 is 2.19 bits per heavy atom. The van der Waals surface area contributed by atoms with Gasteiger partial charge in [0.25, 0.3) is 10.0 Å². The first-order chi connectivity index (χ1) is 17.0. The molecule has 0 bridgehead atoms. The van der Waals surface area contributed by atoms with Crippen molar-refractivity contribution in [2.24, 2.45) is 0 Å². The fourth-order valence-corrected chi connectivity index (χ4v) is 5.56. The predicted molar refractivity (Wildman–Crippen MR) is 131 cm³/mol. The number of ether oxygens (including phenoxy) is 3. The Morgan fingerprint density at radius 2 is 1.61 bits per heavy atom. The molecular formula is C25H24ClF2NO6S. The topological polar surface area (TPSA) is 82.1 Å². The van der Waals surface area contributed by atoms with E-state index in [-0.39, 0.29) is 38.9 Å². The number of halogens is 3. The molecule has 3 aromatic rings. The van der Waals surface area contributed by atoms with E-state index in [0.717, 1.165) is 23.5 Å². The van der Waals surface area contributed by atoms with Crippen molar-refractivity contribution in [3.63, 3.8) is 0 Å². The Kier molecular flexibility index (Phi) is 8.42. The third-order valence-electron chi connectivity index (χ3n) is 5.51. The molecule has 3 aromatic carbocycles. The van der Waals surface area contributed by atoms with Gasteiger partial charge in [0.2, 0.25) is 0 Å². The van der Waals surface area contributed by atoms with Crippen LogP contribution in [-0.2, 0) is 26.0 Å². The van der Waals surface area contributed by atoms with E-state index >= 15 is 0 Å². The molecule has 0 amide bonds. The zero-order valence-electron chi connectivity index (χ0n) is 19.9. The predicted octanol–water partition coefficient (Wildman–Crippen LogP) is 4.98. The molecule has 0 radical (unpaired) electrons. The van der Waals surface area contributed by atoms with E-state index < -0.39 is 33.7 Å². The second kappa shape index (κ2) is 11.1. The SMILES string of the molecule is COC(=O)C(C)N(c1ccc(Cl)cc1Cc1c(F)cccc1F)S(=O)(=O)c1ccc(OC)c(OC)c1. The summed E-state index contributed by atoms with van der Waals surface area (Å²) in [5, 5.41) is 0.208. The van der Waals surface area contributed by atoms with Gasteiger partial charge >= 0.3 is 5.97 Å². The summed E-state index contributed by atoms with van der Waals surface area (Å²) in [6.07, 6.45) is -0.333. The van der Waals surface area contributed by atoms with Gasteiger partial charge in [-0.15, -0.1) is 0 Å². The van der Waals surface area contributed by atoms with Crippen LogP contribution in [0.1, 0.15) is 18.1 Å². The molecule has 0 saturated carbocycles. The molecule has 0 aromatic heterocycles. The number of anilines is 1. The summed E-state index contributed by atoms with van der Waals surface area (Å²) in [4.78, 5) is 12.3. The van der Waals surface area contributed by atoms with Gasteiger partial charge in [-0.25, -0.2) is 22.0 Å². The first kappa shape index (κ1) is 27.2. The van der Waals surface area contributed by atoms with Crippen molar-refractivity contribution in [1.29, 1.82) is 0 Å². The quantitative estimate of drug-likeness (QED) is 0.357. The Balaban J connectivity index is 2.25. The van der Waals surface area contributed by atoms with Crippen LogP contribution < -0.4 is 13.8 Å². The Bertz CT molecular complexity index is 1360. The van der Waals surface area contributed by atoms with Crippen LogP contribution in [0.4, 0.5) is 14.5 Å². The molecule has 0 spiro atoms. The first-order valence-corrected chi connectivity index (χ1v) is 12.4. The van der Waals surface area contributed by atoms with Gasteiger partial charge in [-0.05, 0) is 55.0 Å². The van der Waals surface area contributed by atoms with Gasteiger partial charge in [0.1, 0.15) is 17.7 Å². The van der Waals surface area contributed by atoms with Gasteiger partial charge in [-0.1, -0.05) is 17.7 Å². The fraction of sp³-hybridized carbons (Fsp3) is 0.240. The largest absolute Gasteiger partial charge is 0.493 e. The van der Waals surface area contributed by atoms with Crippen LogP contribution in [0.5, 0.6) is 11.5 Å². The molecule has 0 aliphatic heterocycles. The normalized spacial score (nSPS) is 12.1. The lowest BCUT2D eigenvalue weighted by Crippen LogP contribution is -2.44. The molecule has 0 saturated heterocycles. The number of sulfonamides is 1. The van der Waals surface area contributed by atoms with Gasteiger partial charge in [0.15, 0.2) is 11.5 Å². The highest BCUT2D eigenvalue weighted by atomic mass is 35.5. The maximum absolute atomic E-state index is 14.5. The molecule has 0 heterocycles. The van der Waals surface area contributed by atoms with Crippen LogP contribution in [0.2, 0.25) is 5.02 Å². The van der Waals surface area contributed by atoms with Crippen LogP contribution in [0.15, 0.2) is 59.5 Å². The minimum atomic E-state index is -4.45. The van der Waals surface area contributed by atoms with E-state index in [1.54, 1.807) is 0 Å². The molecule has 36 heavy (non-hydrogen) atoms. The summed E-state index contributed by atoms with van der Waals surface area (Å²) in [6.45, 7) is 1.34. The second-order valence-electron chi connectivity index (χ2n) is 7.67. The Hall–Kier alpha value is -3.37. The highest BCUT2D eigenvalue weighted by Gasteiger charge is 2.36. The highest BCUT2D eigenvalue weighted by molar-refractivity contribution is 7.93. The van der Waals surface area contributed by atoms with Gasteiger partial charge in [-0.2, -0.15) is 0 Å². The summed E-state index contributed by atoms with van der Waals surface area (Å²) < 4.78 is 72.8. The summed E-state index contributed by atoms with van der Waals surface area (Å²) in [5.41, 5.74) is -0.115. The molecule has 11 heteroatoms.